The maximum absolute atomic E-state index is 12.3. The molecule has 8 heteroatoms. The lowest BCUT2D eigenvalue weighted by molar-refractivity contribution is 0.101. The van der Waals surface area contributed by atoms with Crippen LogP contribution in [0.2, 0.25) is 0 Å². The lowest BCUT2D eigenvalue weighted by Gasteiger charge is -2.00. The van der Waals surface area contributed by atoms with Crippen LogP contribution in [0.4, 0.5) is 9.57 Å². The summed E-state index contributed by atoms with van der Waals surface area (Å²) in [5, 5.41) is 8.96. The molecule has 0 saturated carbocycles. The van der Waals surface area contributed by atoms with E-state index in [9.17, 15) is 13.5 Å². The van der Waals surface area contributed by atoms with E-state index in [1.54, 1.807) is 41.7 Å². The van der Waals surface area contributed by atoms with Gasteiger partial charge in [0.1, 0.15) is 0 Å². The molecule has 0 bridgehead atoms. The van der Waals surface area contributed by atoms with Crippen molar-refractivity contribution in [1.29, 1.82) is 0 Å². The second-order valence-corrected chi connectivity index (χ2v) is 7.86. The first-order chi connectivity index (χ1) is 14.9. The molecule has 3 aromatic rings. The van der Waals surface area contributed by atoms with Gasteiger partial charge in [0.15, 0.2) is 12.1 Å². The number of hydrogen-bond donors (Lipinski definition) is 3. The Balaban J connectivity index is 0.000000526. The third kappa shape index (κ3) is 8.86. The zero-order chi connectivity index (χ0) is 24.0. The molecule has 0 fully saturated rings. The standard InChI is InChI=1S/C12H9FOS2.C8H9NOS.C2H6.CH4O/c1-8-11(6-14)12(7-15-8)9-2-4-10(16-13)5-3-9;1-5(10)6-2-3-7(9)8(11)4-6;2*1-2/h2-7H,1H3;2-4,11H,9H2,1H3;1-2H3;2H,1H3. The summed E-state index contributed by atoms with van der Waals surface area (Å²) < 4.78 is 12.3. The Labute approximate surface area is 197 Å². The minimum absolute atomic E-state index is 0.0281. The molecule has 0 atom stereocenters. The number of aryl methyl sites for hydroxylation is 1. The van der Waals surface area contributed by atoms with Gasteiger partial charge in [-0.15, -0.1) is 24.0 Å². The maximum Gasteiger partial charge on any atom is 0.159 e. The summed E-state index contributed by atoms with van der Waals surface area (Å²) in [4.78, 5) is 24.0. The van der Waals surface area contributed by atoms with E-state index in [-0.39, 0.29) is 17.9 Å². The van der Waals surface area contributed by atoms with Gasteiger partial charge in [0.2, 0.25) is 0 Å². The Morgan fingerprint density at radius 3 is 2.19 bits per heavy atom. The SMILES string of the molecule is CC.CC(=O)c1ccc(N)c(S)c1.CO.Cc1scc(-c2ccc(SF)cc2)c1C=O. The van der Waals surface area contributed by atoms with Crippen LogP contribution in [0, 0.1) is 6.92 Å². The number of anilines is 1. The van der Waals surface area contributed by atoms with Crippen LogP contribution in [-0.2, 0) is 0 Å². The normalized spacial score (nSPS) is 9.16. The lowest BCUT2D eigenvalue weighted by atomic mass is 10.0. The van der Waals surface area contributed by atoms with E-state index in [0.29, 0.717) is 21.0 Å². The zero-order valence-electron chi connectivity index (χ0n) is 18.2. The number of hydrogen-bond acceptors (Lipinski definition) is 7. The predicted octanol–water partition coefficient (Wildman–Crippen LogP) is 6.91. The van der Waals surface area contributed by atoms with Crippen LogP contribution >= 0.6 is 36.1 Å². The van der Waals surface area contributed by atoms with Crippen molar-refractivity contribution in [1.82, 2.24) is 0 Å². The number of rotatable bonds is 4. The third-order valence-electron chi connectivity index (χ3n) is 3.83. The molecule has 4 nitrogen and oxygen atoms in total. The molecule has 0 spiro atoms. The topological polar surface area (TPSA) is 80.4 Å². The van der Waals surface area contributed by atoms with Crippen LogP contribution < -0.4 is 5.73 Å². The van der Waals surface area contributed by atoms with Crippen LogP contribution in [0.5, 0.6) is 0 Å². The summed E-state index contributed by atoms with van der Waals surface area (Å²) in [6, 6.07) is 12.1. The molecule has 0 radical (unpaired) electrons. The molecular formula is C23H28FNO3S3. The first-order valence-corrected chi connectivity index (χ1v) is 11.4. The van der Waals surface area contributed by atoms with Gasteiger partial charge in [0.25, 0.3) is 0 Å². The molecule has 3 N–H and O–H groups in total. The van der Waals surface area contributed by atoms with E-state index in [4.69, 9.17) is 10.8 Å². The number of thiol groups is 1. The van der Waals surface area contributed by atoms with Crippen molar-refractivity contribution in [2.75, 3.05) is 12.8 Å². The number of thiophene rings is 1. The number of carbonyl (C=O) groups is 2. The first-order valence-electron chi connectivity index (χ1n) is 9.33. The van der Waals surface area contributed by atoms with Gasteiger partial charge >= 0.3 is 0 Å². The Hall–Kier alpha value is -2.13. The average Bonchev–Trinajstić information content (AvgIpc) is 3.19. The molecule has 31 heavy (non-hydrogen) atoms. The van der Waals surface area contributed by atoms with Crippen molar-refractivity contribution in [3.8, 4) is 11.1 Å². The maximum atomic E-state index is 12.3. The molecule has 0 amide bonds. The summed E-state index contributed by atoms with van der Waals surface area (Å²) >= 11 is 5.86. The van der Waals surface area contributed by atoms with Crippen molar-refractivity contribution >= 4 is 53.9 Å². The first kappa shape index (κ1) is 28.9. The van der Waals surface area contributed by atoms with Crippen molar-refractivity contribution in [3.05, 3.63) is 63.8 Å². The highest BCUT2D eigenvalue weighted by atomic mass is 32.2. The number of ketones is 1. The number of nitrogens with two attached hydrogens (primary N) is 1. The molecular weight excluding hydrogens is 453 g/mol. The number of aliphatic hydroxyl groups excluding tert-OH is 1. The lowest BCUT2D eigenvalue weighted by Crippen LogP contribution is -1.94. The second kappa shape index (κ2) is 15.6. The van der Waals surface area contributed by atoms with Gasteiger partial charge in [0.05, 0.1) is 12.1 Å². The number of nitrogen functional groups attached to an aromatic ring is 1. The van der Waals surface area contributed by atoms with Crippen LogP contribution in [0.25, 0.3) is 11.1 Å². The van der Waals surface area contributed by atoms with Crippen molar-refractivity contribution in [3.63, 3.8) is 0 Å². The van der Waals surface area contributed by atoms with E-state index >= 15 is 0 Å². The Kier molecular flexibility index (Phi) is 14.6. The van der Waals surface area contributed by atoms with Gasteiger partial charge in [-0.05, 0) is 55.1 Å². The summed E-state index contributed by atoms with van der Waals surface area (Å²) in [5.74, 6) is 0.0281. The third-order valence-corrected chi connectivity index (χ3v) is 5.60. The van der Waals surface area contributed by atoms with Crippen LogP contribution in [0.15, 0.2) is 57.6 Å². The number of benzene rings is 2. The van der Waals surface area contributed by atoms with Crippen LogP contribution in [0.1, 0.15) is 46.4 Å². The average molecular weight is 482 g/mol. The highest BCUT2D eigenvalue weighted by Gasteiger charge is 2.09. The van der Waals surface area contributed by atoms with E-state index in [0.717, 1.165) is 35.0 Å². The van der Waals surface area contributed by atoms with Crippen LogP contribution in [0.3, 0.4) is 0 Å². The van der Waals surface area contributed by atoms with Crippen molar-refractivity contribution < 1.29 is 18.6 Å². The number of halogens is 1. The monoisotopic (exact) mass is 481 g/mol. The predicted molar refractivity (Wildman–Crippen MR) is 134 cm³/mol. The number of aliphatic hydroxyl groups is 1. The number of Topliss-reactive ketones (excluding diaryl/α,β-unsaturated/α-hetero) is 1. The molecule has 0 unspecified atom stereocenters. The van der Waals surface area contributed by atoms with Gasteiger partial charge in [-0.1, -0.05) is 26.0 Å². The fourth-order valence-corrected chi connectivity index (χ4v) is 3.58. The van der Waals surface area contributed by atoms with Gasteiger partial charge in [-0.2, -0.15) is 3.89 Å². The minimum atomic E-state index is 0.0281. The molecule has 3 rings (SSSR count). The highest BCUT2D eigenvalue weighted by Crippen LogP contribution is 2.31. The molecule has 0 saturated heterocycles. The summed E-state index contributed by atoms with van der Waals surface area (Å²) in [7, 11) is 1.00. The molecule has 0 aliphatic heterocycles. The summed E-state index contributed by atoms with van der Waals surface area (Å²) in [5.41, 5.74) is 9.34. The molecule has 2 aromatic carbocycles. The summed E-state index contributed by atoms with van der Waals surface area (Å²) in [6.07, 6.45) is 0.874. The van der Waals surface area contributed by atoms with E-state index < -0.39 is 0 Å². The highest BCUT2D eigenvalue weighted by molar-refractivity contribution is 7.94. The zero-order valence-corrected chi connectivity index (χ0v) is 20.7. The molecule has 168 valence electrons. The summed E-state index contributed by atoms with van der Waals surface area (Å²) in [6.45, 7) is 7.43. The van der Waals surface area contributed by atoms with Gasteiger partial charge in [-0.25, -0.2) is 0 Å². The fourth-order valence-electron chi connectivity index (χ4n) is 2.28. The van der Waals surface area contributed by atoms with Crippen LogP contribution in [-0.4, -0.2) is 24.3 Å². The Morgan fingerprint density at radius 2 is 1.74 bits per heavy atom. The van der Waals surface area contributed by atoms with Gasteiger partial charge in [-0.3, -0.25) is 9.59 Å². The quantitative estimate of drug-likeness (QED) is 0.163. The fraction of sp³-hybridized carbons (Fsp3) is 0.217. The number of aldehydes is 1. The van der Waals surface area contributed by atoms with Crippen molar-refractivity contribution in [2.45, 2.75) is 37.5 Å². The van der Waals surface area contributed by atoms with E-state index in [1.165, 1.54) is 6.92 Å². The Bertz CT molecular complexity index is 957. The van der Waals surface area contributed by atoms with Crippen molar-refractivity contribution in [2.24, 2.45) is 0 Å². The van der Waals surface area contributed by atoms with Gasteiger partial charge < -0.3 is 10.8 Å². The largest absolute Gasteiger partial charge is 0.400 e. The van der Waals surface area contributed by atoms with Gasteiger partial charge in [0, 0.05) is 44.2 Å². The molecule has 1 aromatic heterocycles. The van der Waals surface area contributed by atoms with E-state index in [2.05, 4.69) is 12.6 Å². The molecule has 1 heterocycles. The Morgan fingerprint density at radius 1 is 1.16 bits per heavy atom. The number of carbonyl (C=O) groups excluding carboxylic acids is 2. The van der Waals surface area contributed by atoms with E-state index in [1.807, 2.05) is 38.3 Å². The molecule has 0 aliphatic carbocycles. The second-order valence-electron chi connectivity index (χ2n) is 5.67. The minimum Gasteiger partial charge on any atom is -0.400 e. The smallest absolute Gasteiger partial charge is 0.159 e. The molecule has 0 aliphatic rings.